The Hall–Kier alpha value is -0.280. The van der Waals surface area contributed by atoms with E-state index in [1.165, 1.54) is 0 Å². The number of fused-ring (bicyclic) bond motifs is 2. The van der Waals surface area contributed by atoms with Crippen LogP contribution >= 0.6 is 23.2 Å². The Bertz CT molecular complexity index is 240. The molecule has 0 aromatic rings. The molecule has 0 fully saturated rings. The van der Waals surface area contributed by atoms with E-state index in [9.17, 15) is 0 Å². The van der Waals surface area contributed by atoms with Crippen LogP contribution in [0.4, 0.5) is 0 Å². The highest BCUT2D eigenvalue weighted by molar-refractivity contribution is 6.45. The van der Waals surface area contributed by atoms with Crippen molar-refractivity contribution in [2.24, 2.45) is 5.90 Å². The second-order valence-electron chi connectivity index (χ2n) is 2.19. The van der Waals surface area contributed by atoms with Gasteiger partial charge in [-0.2, -0.15) is 0 Å². The Morgan fingerprint density at radius 3 is 1.64 bits per heavy atom. The fraction of sp³-hybridized carbons (Fsp3) is 0.143. The zero-order valence-corrected chi connectivity index (χ0v) is 7.15. The monoisotopic (exact) mass is 191 g/mol. The summed E-state index contributed by atoms with van der Waals surface area (Å²) in [4.78, 5) is 0. The highest BCUT2D eigenvalue weighted by Crippen LogP contribution is 2.42. The van der Waals surface area contributed by atoms with Gasteiger partial charge in [-0.15, -0.1) is 0 Å². The summed E-state index contributed by atoms with van der Waals surface area (Å²) in [5, 5.41) is 7.99. The smallest absolute Gasteiger partial charge is 0.0630 e. The lowest BCUT2D eigenvalue weighted by Crippen LogP contribution is -1.73. The molecule has 2 aliphatic rings. The van der Waals surface area contributed by atoms with E-state index < -0.39 is 0 Å². The average molecular weight is 192 g/mol. The van der Waals surface area contributed by atoms with E-state index in [4.69, 9.17) is 28.4 Å². The van der Waals surface area contributed by atoms with E-state index in [1.807, 2.05) is 12.2 Å². The zero-order valence-electron chi connectivity index (χ0n) is 5.64. The molecular formula is C7H7Cl2NO. The molecule has 0 atom stereocenters. The summed E-state index contributed by atoms with van der Waals surface area (Å²) in [6.07, 6.45) is 4.98. The van der Waals surface area contributed by atoms with Gasteiger partial charge in [0.1, 0.15) is 0 Å². The van der Waals surface area contributed by atoms with Gasteiger partial charge >= 0.3 is 0 Å². The van der Waals surface area contributed by atoms with E-state index in [2.05, 4.69) is 5.90 Å². The maximum Gasteiger partial charge on any atom is 0.0630 e. The van der Waals surface area contributed by atoms with Crippen molar-refractivity contribution >= 4 is 23.2 Å². The lowest BCUT2D eigenvalue weighted by molar-refractivity contribution is 0.311. The van der Waals surface area contributed by atoms with Crippen molar-refractivity contribution in [3.63, 3.8) is 0 Å². The van der Waals surface area contributed by atoms with Gasteiger partial charge in [0.05, 0.1) is 10.1 Å². The van der Waals surface area contributed by atoms with Crippen LogP contribution in [0.1, 0.15) is 6.42 Å². The van der Waals surface area contributed by atoms with Gasteiger partial charge in [0, 0.05) is 6.42 Å². The highest BCUT2D eigenvalue weighted by atomic mass is 35.5. The van der Waals surface area contributed by atoms with Crippen molar-refractivity contribution in [2.75, 3.05) is 0 Å². The third-order valence-corrected chi connectivity index (χ3v) is 2.58. The Labute approximate surface area is 74.5 Å². The molecule has 0 aromatic heterocycles. The van der Waals surface area contributed by atoms with E-state index in [1.54, 1.807) is 0 Å². The molecule has 0 heterocycles. The van der Waals surface area contributed by atoms with Crippen molar-refractivity contribution in [1.29, 1.82) is 0 Å². The van der Waals surface area contributed by atoms with Crippen LogP contribution < -0.4 is 5.90 Å². The maximum absolute atomic E-state index is 6.50. The molecule has 0 amide bonds. The summed E-state index contributed by atoms with van der Waals surface area (Å²) in [5.74, 6) is 3.50. The van der Waals surface area contributed by atoms with Gasteiger partial charge in [-0.1, -0.05) is 35.4 Å². The SMILES string of the molecule is ClC1=C2C=CC(=C1Cl)C2.NO. The third-order valence-electron chi connectivity index (χ3n) is 1.62. The minimum atomic E-state index is 0.745. The molecule has 0 unspecified atom stereocenters. The van der Waals surface area contributed by atoms with Gasteiger partial charge in [0.25, 0.3) is 0 Å². The zero-order chi connectivity index (χ0) is 8.43. The lowest BCUT2D eigenvalue weighted by Gasteiger charge is -1.94. The first-order valence-corrected chi connectivity index (χ1v) is 3.76. The van der Waals surface area contributed by atoms with E-state index in [0.29, 0.717) is 0 Å². The fourth-order valence-electron chi connectivity index (χ4n) is 1.11. The topological polar surface area (TPSA) is 46.2 Å². The van der Waals surface area contributed by atoms with Gasteiger partial charge in [-0.05, 0) is 11.1 Å². The predicted octanol–water partition coefficient (Wildman–Crippen LogP) is 2.28. The molecule has 4 heteroatoms. The summed E-state index contributed by atoms with van der Waals surface area (Å²) in [6.45, 7) is 0. The Morgan fingerprint density at radius 1 is 1.09 bits per heavy atom. The standard InChI is InChI=1S/C7H4Cl2.H3NO/c8-6-4-1-2-5(3-4)7(6)9;1-2/h1-2H,3H2;2H,1H2. The number of nitrogens with two attached hydrogens (primary N) is 1. The number of rotatable bonds is 0. The van der Waals surface area contributed by atoms with Crippen LogP contribution in [0.15, 0.2) is 33.4 Å². The first-order valence-electron chi connectivity index (χ1n) is 3.00. The molecule has 2 aliphatic carbocycles. The minimum absolute atomic E-state index is 0.745. The average Bonchev–Trinajstić information content (AvgIpc) is 2.60. The van der Waals surface area contributed by atoms with Gasteiger partial charge in [-0.25, -0.2) is 5.90 Å². The van der Waals surface area contributed by atoms with Gasteiger partial charge in [0.2, 0.25) is 0 Å². The number of allylic oxidation sites excluding steroid dienone is 6. The van der Waals surface area contributed by atoms with Crippen LogP contribution in [0.3, 0.4) is 0 Å². The molecule has 11 heavy (non-hydrogen) atoms. The summed E-state index contributed by atoms with van der Waals surface area (Å²) in [6, 6.07) is 0. The van der Waals surface area contributed by atoms with Crippen molar-refractivity contribution < 1.29 is 5.21 Å². The van der Waals surface area contributed by atoms with Gasteiger partial charge < -0.3 is 5.21 Å². The number of hydrogen-bond donors (Lipinski definition) is 2. The molecule has 0 aromatic carbocycles. The van der Waals surface area contributed by atoms with E-state index in [-0.39, 0.29) is 0 Å². The van der Waals surface area contributed by atoms with Crippen molar-refractivity contribution in [3.05, 3.63) is 33.4 Å². The molecule has 0 saturated carbocycles. The molecule has 0 saturated heterocycles. The number of hydrogen-bond acceptors (Lipinski definition) is 2. The summed E-state index contributed by atoms with van der Waals surface area (Å²) < 4.78 is 0. The normalized spacial score (nSPS) is 19.3. The van der Waals surface area contributed by atoms with E-state index >= 15 is 0 Å². The van der Waals surface area contributed by atoms with Crippen LogP contribution in [0.5, 0.6) is 0 Å². The highest BCUT2D eigenvalue weighted by Gasteiger charge is 2.22. The molecule has 2 nitrogen and oxygen atoms in total. The lowest BCUT2D eigenvalue weighted by atomic mass is 10.3. The number of halogens is 2. The summed E-state index contributed by atoms with van der Waals surface area (Å²) in [5.41, 5.74) is 2.33. The van der Waals surface area contributed by atoms with Crippen LogP contribution in [0.25, 0.3) is 0 Å². The van der Waals surface area contributed by atoms with Gasteiger partial charge in [-0.3, -0.25) is 0 Å². The Morgan fingerprint density at radius 2 is 1.45 bits per heavy atom. The van der Waals surface area contributed by atoms with E-state index in [0.717, 1.165) is 27.6 Å². The molecule has 0 aliphatic heterocycles. The Balaban J connectivity index is 0.000000281. The van der Waals surface area contributed by atoms with Crippen molar-refractivity contribution in [2.45, 2.75) is 6.42 Å². The molecule has 2 rings (SSSR count). The van der Waals surface area contributed by atoms with Crippen LogP contribution in [0.2, 0.25) is 0 Å². The second-order valence-corrected chi connectivity index (χ2v) is 2.94. The molecule has 2 bridgehead atoms. The van der Waals surface area contributed by atoms with Crippen LogP contribution in [0, 0.1) is 0 Å². The van der Waals surface area contributed by atoms with Gasteiger partial charge in [0.15, 0.2) is 0 Å². The molecular weight excluding hydrogens is 185 g/mol. The second kappa shape index (κ2) is 3.41. The molecule has 60 valence electrons. The predicted molar refractivity (Wildman–Crippen MR) is 45.5 cm³/mol. The van der Waals surface area contributed by atoms with Crippen molar-refractivity contribution in [1.82, 2.24) is 0 Å². The Kier molecular flexibility index (Phi) is 2.73. The quantitative estimate of drug-likeness (QED) is 0.578. The maximum atomic E-state index is 6.50. The molecule has 0 radical (unpaired) electrons. The first-order chi connectivity index (χ1) is 5.29. The fourth-order valence-corrected chi connectivity index (χ4v) is 1.61. The van der Waals surface area contributed by atoms with Crippen LogP contribution in [-0.2, 0) is 0 Å². The van der Waals surface area contributed by atoms with Crippen LogP contribution in [-0.4, -0.2) is 5.21 Å². The largest absolute Gasteiger partial charge is 0.320 e. The van der Waals surface area contributed by atoms with Crippen molar-refractivity contribution in [3.8, 4) is 0 Å². The third kappa shape index (κ3) is 1.35. The minimum Gasteiger partial charge on any atom is -0.320 e. The molecule has 3 N–H and O–H groups in total. The summed E-state index contributed by atoms with van der Waals surface area (Å²) >= 11 is 11.6. The summed E-state index contributed by atoms with van der Waals surface area (Å²) in [7, 11) is 0. The molecule has 0 spiro atoms. The first kappa shape index (κ1) is 8.81.